The van der Waals surface area contributed by atoms with E-state index in [4.69, 9.17) is 16.0 Å². The van der Waals surface area contributed by atoms with Gasteiger partial charge in [-0.15, -0.1) is 10.2 Å². The zero-order valence-electron chi connectivity index (χ0n) is 12.7. The van der Waals surface area contributed by atoms with Crippen molar-refractivity contribution < 1.29 is 8.81 Å². The molecule has 0 spiro atoms. The molecule has 23 heavy (non-hydrogen) atoms. The summed E-state index contributed by atoms with van der Waals surface area (Å²) in [6.45, 7) is 3.87. The number of aryl methyl sites for hydroxylation is 1. The highest BCUT2D eigenvalue weighted by Crippen LogP contribution is 2.25. The number of benzene rings is 2. The number of aromatic nitrogens is 2. The molecule has 1 heterocycles. The standard InChI is InChI=1S/C17H15ClFN3O/c1-10-3-5-12(6-4-10)17-22-21-16(23-17)11(2)20-13-7-8-14(18)15(19)9-13/h3-9,11,20H,1-2H3/t11-/m0/s1. The van der Waals surface area contributed by atoms with Crippen molar-refractivity contribution in [2.45, 2.75) is 19.9 Å². The highest BCUT2D eigenvalue weighted by Gasteiger charge is 2.15. The molecule has 1 atom stereocenters. The smallest absolute Gasteiger partial charge is 0.247 e. The molecule has 0 aliphatic carbocycles. The van der Waals surface area contributed by atoms with E-state index < -0.39 is 5.82 Å². The van der Waals surface area contributed by atoms with Crippen LogP contribution in [0.4, 0.5) is 10.1 Å². The van der Waals surface area contributed by atoms with Crippen molar-refractivity contribution >= 4 is 17.3 Å². The minimum Gasteiger partial charge on any atom is -0.418 e. The van der Waals surface area contributed by atoms with Crippen LogP contribution < -0.4 is 5.32 Å². The Balaban J connectivity index is 1.76. The topological polar surface area (TPSA) is 51.0 Å². The van der Waals surface area contributed by atoms with Crippen molar-refractivity contribution in [3.63, 3.8) is 0 Å². The van der Waals surface area contributed by atoms with Gasteiger partial charge in [0.05, 0.1) is 5.02 Å². The van der Waals surface area contributed by atoms with Gasteiger partial charge >= 0.3 is 0 Å². The monoisotopic (exact) mass is 331 g/mol. The van der Waals surface area contributed by atoms with Crippen LogP contribution in [0.15, 0.2) is 46.9 Å². The van der Waals surface area contributed by atoms with Gasteiger partial charge in [0.2, 0.25) is 11.8 Å². The zero-order chi connectivity index (χ0) is 16.4. The minimum absolute atomic E-state index is 0.0858. The lowest BCUT2D eigenvalue weighted by atomic mass is 10.1. The fourth-order valence-electron chi connectivity index (χ4n) is 2.12. The van der Waals surface area contributed by atoms with Crippen LogP contribution in [0.2, 0.25) is 5.02 Å². The summed E-state index contributed by atoms with van der Waals surface area (Å²) in [6, 6.07) is 12.1. The number of hydrogen-bond acceptors (Lipinski definition) is 4. The second kappa shape index (κ2) is 6.38. The van der Waals surface area contributed by atoms with E-state index in [1.807, 2.05) is 38.1 Å². The minimum atomic E-state index is -0.477. The number of nitrogens with one attached hydrogen (secondary N) is 1. The maximum atomic E-state index is 13.5. The fraction of sp³-hybridized carbons (Fsp3) is 0.176. The SMILES string of the molecule is Cc1ccc(-c2nnc([C@H](C)Nc3ccc(Cl)c(F)c3)o2)cc1. The van der Waals surface area contributed by atoms with Gasteiger partial charge in [-0.3, -0.25) is 0 Å². The second-order valence-corrected chi connectivity index (χ2v) is 5.71. The molecule has 6 heteroatoms. The number of anilines is 1. The molecule has 0 radical (unpaired) electrons. The lowest BCUT2D eigenvalue weighted by molar-refractivity contribution is 0.485. The van der Waals surface area contributed by atoms with Crippen LogP contribution in [-0.2, 0) is 0 Å². The van der Waals surface area contributed by atoms with Gasteiger partial charge in [-0.2, -0.15) is 0 Å². The van der Waals surface area contributed by atoms with Crippen LogP contribution in [-0.4, -0.2) is 10.2 Å². The first-order chi connectivity index (χ1) is 11.0. The summed E-state index contributed by atoms with van der Waals surface area (Å²) < 4.78 is 19.2. The Morgan fingerprint density at radius 1 is 1.13 bits per heavy atom. The Hall–Kier alpha value is -2.40. The molecule has 4 nitrogen and oxygen atoms in total. The molecular formula is C17H15ClFN3O. The van der Waals surface area contributed by atoms with E-state index in [1.165, 1.54) is 12.1 Å². The summed E-state index contributed by atoms with van der Waals surface area (Å²) >= 11 is 5.67. The molecule has 0 fully saturated rings. The predicted octanol–water partition coefficient (Wildman–Crippen LogP) is 5.01. The average Bonchev–Trinajstić information content (AvgIpc) is 3.02. The maximum absolute atomic E-state index is 13.5. The van der Waals surface area contributed by atoms with Gasteiger partial charge < -0.3 is 9.73 Å². The quantitative estimate of drug-likeness (QED) is 0.730. The Bertz CT molecular complexity index is 817. The third-order valence-corrected chi connectivity index (χ3v) is 3.72. The van der Waals surface area contributed by atoms with E-state index in [0.29, 0.717) is 17.5 Å². The molecule has 0 amide bonds. The first-order valence-corrected chi connectivity index (χ1v) is 7.53. The van der Waals surface area contributed by atoms with Crippen molar-refractivity contribution in [3.05, 3.63) is 64.8 Å². The number of nitrogens with zero attached hydrogens (tertiary/aromatic N) is 2. The summed E-state index contributed by atoms with van der Waals surface area (Å²) in [4.78, 5) is 0. The Morgan fingerprint density at radius 3 is 2.57 bits per heavy atom. The van der Waals surface area contributed by atoms with Crippen LogP contribution in [0.1, 0.15) is 24.4 Å². The lowest BCUT2D eigenvalue weighted by Crippen LogP contribution is -2.07. The summed E-state index contributed by atoms with van der Waals surface area (Å²) in [5.74, 6) is 0.404. The van der Waals surface area contributed by atoms with Crippen LogP contribution >= 0.6 is 11.6 Å². The normalized spacial score (nSPS) is 12.2. The zero-order valence-corrected chi connectivity index (χ0v) is 13.4. The van der Waals surface area contributed by atoms with E-state index in [9.17, 15) is 4.39 Å². The van der Waals surface area contributed by atoms with Gasteiger partial charge in [0, 0.05) is 11.3 Å². The molecule has 3 aromatic rings. The number of rotatable bonds is 4. The highest BCUT2D eigenvalue weighted by atomic mass is 35.5. The first-order valence-electron chi connectivity index (χ1n) is 7.15. The van der Waals surface area contributed by atoms with Gasteiger partial charge in [0.15, 0.2) is 0 Å². The van der Waals surface area contributed by atoms with E-state index in [-0.39, 0.29) is 11.1 Å². The van der Waals surface area contributed by atoms with Crippen LogP contribution in [0.3, 0.4) is 0 Å². The van der Waals surface area contributed by atoms with Gasteiger partial charge in [0.25, 0.3) is 0 Å². The summed E-state index contributed by atoms with van der Waals surface area (Å²) in [6.07, 6.45) is 0. The third-order valence-electron chi connectivity index (χ3n) is 3.41. The average molecular weight is 332 g/mol. The number of hydrogen-bond donors (Lipinski definition) is 1. The van der Waals surface area contributed by atoms with Gasteiger partial charge in [0.1, 0.15) is 11.9 Å². The Morgan fingerprint density at radius 2 is 1.87 bits per heavy atom. The van der Waals surface area contributed by atoms with Gasteiger partial charge in [-0.25, -0.2) is 4.39 Å². The molecule has 0 aliphatic heterocycles. The van der Waals surface area contributed by atoms with Gasteiger partial charge in [-0.1, -0.05) is 29.3 Å². The molecule has 3 rings (SSSR count). The molecule has 118 valence electrons. The van der Waals surface area contributed by atoms with E-state index in [1.54, 1.807) is 6.07 Å². The Labute approximate surface area is 138 Å². The molecule has 0 saturated heterocycles. The largest absolute Gasteiger partial charge is 0.418 e. The third kappa shape index (κ3) is 3.51. The van der Waals surface area contributed by atoms with Crippen molar-refractivity contribution in [2.24, 2.45) is 0 Å². The fourth-order valence-corrected chi connectivity index (χ4v) is 2.24. The van der Waals surface area contributed by atoms with E-state index >= 15 is 0 Å². The molecule has 0 aliphatic rings. The molecule has 0 bridgehead atoms. The van der Waals surface area contributed by atoms with Crippen LogP contribution in [0.25, 0.3) is 11.5 Å². The molecule has 1 aromatic heterocycles. The molecule has 1 N–H and O–H groups in total. The number of halogens is 2. The maximum Gasteiger partial charge on any atom is 0.247 e. The van der Waals surface area contributed by atoms with E-state index in [0.717, 1.165) is 11.1 Å². The summed E-state index contributed by atoms with van der Waals surface area (Å²) in [5.41, 5.74) is 2.61. The van der Waals surface area contributed by atoms with Gasteiger partial charge in [-0.05, 0) is 44.2 Å². The Kier molecular flexibility index (Phi) is 4.30. The first kappa shape index (κ1) is 15.5. The van der Waals surface area contributed by atoms with Crippen molar-refractivity contribution in [3.8, 4) is 11.5 Å². The predicted molar refractivity (Wildman–Crippen MR) is 87.9 cm³/mol. The molecular weight excluding hydrogens is 317 g/mol. The highest BCUT2D eigenvalue weighted by molar-refractivity contribution is 6.30. The van der Waals surface area contributed by atoms with Crippen LogP contribution in [0, 0.1) is 12.7 Å². The second-order valence-electron chi connectivity index (χ2n) is 5.31. The lowest BCUT2D eigenvalue weighted by Gasteiger charge is -2.11. The summed E-state index contributed by atoms with van der Waals surface area (Å²) in [7, 11) is 0. The van der Waals surface area contributed by atoms with Crippen molar-refractivity contribution in [2.75, 3.05) is 5.32 Å². The molecule has 0 unspecified atom stereocenters. The van der Waals surface area contributed by atoms with Crippen molar-refractivity contribution in [1.82, 2.24) is 10.2 Å². The molecule has 0 saturated carbocycles. The van der Waals surface area contributed by atoms with Crippen molar-refractivity contribution in [1.29, 1.82) is 0 Å². The summed E-state index contributed by atoms with van der Waals surface area (Å²) in [5, 5.41) is 11.3. The molecule has 2 aromatic carbocycles. The van der Waals surface area contributed by atoms with Crippen LogP contribution in [0.5, 0.6) is 0 Å². The van der Waals surface area contributed by atoms with E-state index in [2.05, 4.69) is 15.5 Å².